The molecule has 0 unspecified atom stereocenters. The van der Waals surface area contributed by atoms with Crippen molar-refractivity contribution in [3.05, 3.63) is 83.4 Å². The number of nitrogens with two attached hydrogens (primary N) is 1. The summed E-state index contributed by atoms with van der Waals surface area (Å²) in [6.45, 7) is 0. The molecule has 25 heavy (non-hydrogen) atoms. The van der Waals surface area contributed by atoms with Gasteiger partial charge in [0.15, 0.2) is 0 Å². The second-order valence-corrected chi connectivity index (χ2v) is 6.03. The van der Waals surface area contributed by atoms with Gasteiger partial charge in [0.05, 0.1) is 5.56 Å². The van der Waals surface area contributed by atoms with Crippen molar-refractivity contribution in [3.8, 4) is 0 Å². The van der Waals surface area contributed by atoms with Gasteiger partial charge in [-0.1, -0.05) is 36.4 Å². The van der Waals surface area contributed by atoms with Crippen molar-refractivity contribution < 1.29 is 18.0 Å². The Bertz CT molecular complexity index is 791. The number of halogens is 3. The number of hydrogen-bond acceptors (Lipinski definition) is 2. The van der Waals surface area contributed by atoms with E-state index in [1.54, 1.807) is 17.8 Å². The third kappa shape index (κ3) is 5.26. The maximum absolute atomic E-state index is 12.7. The molecule has 0 aliphatic rings. The van der Waals surface area contributed by atoms with Gasteiger partial charge in [0.2, 0.25) is 5.91 Å². The van der Waals surface area contributed by atoms with Crippen LogP contribution in [0.2, 0.25) is 0 Å². The van der Waals surface area contributed by atoms with Crippen molar-refractivity contribution in [2.24, 2.45) is 5.73 Å². The average Bonchev–Trinajstić information content (AvgIpc) is 2.58. The Balaban J connectivity index is 2.45. The van der Waals surface area contributed by atoms with Crippen molar-refractivity contribution in [1.82, 2.24) is 0 Å². The number of carbonyl (C=O) groups is 1. The summed E-state index contributed by atoms with van der Waals surface area (Å²) < 4.78 is 38.2. The Hall–Kier alpha value is -2.47. The number of benzene rings is 2. The van der Waals surface area contributed by atoms with Crippen LogP contribution in [0.4, 0.5) is 13.2 Å². The highest BCUT2D eigenvalue weighted by Gasteiger charge is 2.30. The molecule has 2 rings (SSSR count). The summed E-state index contributed by atoms with van der Waals surface area (Å²) >= 11 is 1.59. The number of allylic oxidation sites excluding steroid dienone is 2. The van der Waals surface area contributed by atoms with E-state index in [9.17, 15) is 18.0 Å². The van der Waals surface area contributed by atoms with E-state index in [0.29, 0.717) is 11.1 Å². The lowest BCUT2D eigenvalue weighted by molar-refractivity contribution is -0.137. The van der Waals surface area contributed by atoms with Crippen LogP contribution in [-0.2, 0) is 11.0 Å². The Morgan fingerprint density at radius 2 is 1.52 bits per heavy atom. The molecule has 2 nitrogen and oxygen atoms in total. The first-order chi connectivity index (χ1) is 11.8. The third-order valence-electron chi connectivity index (χ3n) is 3.45. The summed E-state index contributed by atoms with van der Waals surface area (Å²) in [5.41, 5.74) is 6.50. The van der Waals surface area contributed by atoms with E-state index in [4.69, 9.17) is 5.73 Å². The maximum atomic E-state index is 12.7. The second kappa shape index (κ2) is 8.07. The van der Waals surface area contributed by atoms with Crippen LogP contribution < -0.4 is 5.73 Å². The predicted octanol–water partition coefficient (Wildman–Crippen LogP) is 4.90. The summed E-state index contributed by atoms with van der Waals surface area (Å²) in [5.74, 6) is -0.597. The fourth-order valence-corrected chi connectivity index (χ4v) is 2.62. The van der Waals surface area contributed by atoms with Crippen molar-refractivity contribution in [1.29, 1.82) is 0 Å². The molecule has 130 valence electrons. The summed E-state index contributed by atoms with van der Waals surface area (Å²) in [4.78, 5) is 11.9. The monoisotopic (exact) mass is 363 g/mol. The van der Waals surface area contributed by atoms with Crippen molar-refractivity contribution >= 4 is 23.2 Å². The number of hydrogen-bond donors (Lipinski definition) is 1. The topological polar surface area (TPSA) is 43.1 Å². The van der Waals surface area contributed by atoms with Crippen LogP contribution in [0.5, 0.6) is 0 Å². The fourth-order valence-electron chi connectivity index (χ4n) is 2.21. The third-order valence-corrected chi connectivity index (χ3v) is 4.19. The molecule has 0 aromatic heterocycles. The van der Waals surface area contributed by atoms with Crippen LogP contribution in [0.15, 0.2) is 71.7 Å². The Labute approximate surface area is 148 Å². The molecule has 0 heterocycles. The van der Waals surface area contributed by atoms with Gasteiger partial charge in [0.25, 0.3) is 0 Å². The van der Waals surface area contributed by atoms with Gasteiger partial charge in [-0.3, -0.25) is 4.79 Å². The highest BCUT2D eigenvalue weighted by atomic mass is 32.2. The molecule has 2 aromatic carbocycles. The lowest BCUT2D eigenvalue weighted by Gasteiger charge is -2.11. The van der Waals surface area contributed by atoms with Gasteiger partial charge in [0.1, 0.15) is 0 Å². The van der Waals surface area contributed by atoms with Crippen LogP contribution in [-0.4, -0.2) is 12.2 Å². The van der Waals surface area contributed by atoms with Crippen LogP contribution in [0.1, 0.15) is 16.7 Å². The van der Waals surface area contributed by atoms with E-state index in [-0.39, 0.29) is 0 Å². The number of carbonyl (C=O) groups excluding carboxylic acids is 1. The lowest BCUT2D eigenvalue weighted by atomic mass is 9.96. The minimum atomic E-state index is -4.38. The standard InChI is InChI=1S/C19H16F3NOS/c1-25-16-11-7-14(8-12-16)17(3-2-4-18(23)24)13-5-9-15(10-6-13)19(20,21)22/h2-12H,1H3,(H2,23,24). The lowest BCUT2D eigenvalue weighted by Crippen LogP contribution is -2.05. The van der Waals surface area contributed by atoms with Crippen molar-refractivity contribution in [2.75, 3.05) is 6.26 Å². The number of alkyl halides is 3. The van der Waals surface area contributed by atoms with Gasteiger partial charge >= 0.3 is 6.18 Å². The molecule has 6 heteroatoms. The van der Waals surface area contributed by atoms with Gasteiger partial charge < -0.3 is 5.73 Å². The fraction of sp³-hybridized carbons (Fsp3) is 0.105. The zero-order chi connectivity index (χ0) is 18.4. The van der Waals surface area contributed by atoms with Gasteiger partial charge in [-0.05, 0) is 47.2 Å². The zero-order valence-corrected chi connectivity index (χ0v) is 14.2. The zero-order valence-electron chi connectivity index (χ0n) is 13.4. The molecule has 0 saturated carbocycles. The Morgan fingerprint density at radius 1 is 1.00 bits per heavy atom. The molecule has 0 spiro atoms. The van der Waals surface area contributed by atoms with Crippen LogP contribution >= 0.6 is 11.8 Å². The second-order valence-electron chi connectivity index (χ2n) is 5.15. The first-order valence-electron chi connectivity index (χ1n) is 7.31. The summed E-state index contributed by atoms with van der Waals surface area (Å²) in [6, 6.07) is 12.5. The molecule has 1 amide bonds. The minimum absolute atomic E-state index is 0.597. The van der Waals surface area contributed by atoms with E-state index in [0.717, 1.165) is 22.6 Å². The highest BCUT2D eigenvalue weighted by Crippen LogP contribution is 2.31. The highest BCUT2D eigenvalue weighted by molar-refractivity contribution is 7.98. The molecular formula is C19H16F3NOS. The largest absolute Gasteiger partial charge is 0.416 e. The number of amides is 1. The van der Waals surface area contributed by atoms with Crippen LogP contribution in [0.3, 0.4) is 0 Å². The molecule has 2 N–H and O–H groups in total. The molecular weight excluding hydrogens is 347 g/mol. The molecule has 0 aliphatic carbocycles. The normalized spacial score (nSPS) is 12.6. The van der Waals surface area contributed by atoms with E-state index in [1.165, 1.54) is 24.3 Å². The molecule has 0 fully saturated rings. The molecule has 0 atom stereocenters. The molecule has 0 bridgehead atoms. The van der Waals surface area contributed by atoms with E-state index >= 15 is 0 Å². The SMILES string of the molecule is CSc1ccc(C(=CC=CC(N)=O)c2ccc(C(F)(F)F)cc2)cc1. The van der Waals surface area contributed by atoms with Crippen LogP contribution in [0.25, 0.3) is 5.57 Å². The van der Waals surface area contributed by atoms with Gasteiger partial charge in [-0.2, -0.15) is 13.2 Å². The molecule has 2 aromatic rings. The van der Waals surface area contributed by atoms with Gasteiger partial charge in [-0.15, -0.1) is 11.8 Å². The van der Waals surface area contributed by atoms with Crippen molar-refractivity contribution in [3.63, 3.8) is 0 Å². The predicted molar refractivity (Wildman–Crippen MR) is 95.1 cm³/mol. The molecule has 0 aliphatic heterocycles. The number of primary amides is 1. The quantitative estimate of drug-likeness (QED) is 0.466. The van der Waals surface area contributed by atoms with E-state index < -0.39 is 17.6 Å². The van der Waals surface area contributed by atoms with Gasteiger partial charge in [-0.25, -0.2) is 0 Å². The summed E-state index contributed by atoms with van der Waals surface area (Å²) in [6.07, 6.45) is 1.91. The summed E-state index contributed by atoms with van der Waals surface area (Å²) in [7, 11) is 0. The van der Waals surface area contributed by atoms with Gasteiger partial charge in [0, 0.05) is 11.0 Å². The number of thioether (sulfide) groups is 1. The smallest absolute Gasteiger partial charge is 0.366 e. The van der Waals surface area contributed by atoms with E-state index in [2.05, 4.69) is 0 Å². The van der Waals surface area contributed by atoms with E-state index in [1.807, 2.05) is 30.5 Å². The van der Waals surface area contributed by atoms with Crippen molar-refractivity contribution in [2.45, 2.75) is 11.1 Å². The average molecular weight is 363 g/mol. The molecule has 0 saturated heterocycles. The first-order valence-corrected chi connectivity index (χ1v) is 8.53. The Morgan fingerprint density at radius 3 is 1.96 bits per heavy atom. The maximum Gasteiger partial charge on any atom is 0.416 e. The van der Waals surface area contributed by atoms with Crippen LogP contribution in [0, 0.1) is 0 Å². The minimum Gasteiger partial charge on any atom is -0.366 e. The molecule has 0 radical (unpaired) electrons. The summed E-state index contributed by atoms with van der Waals surface area (Å²) in [5, 5.41) is 0. The Kier molecular flexibility index (Phi) is 6.09. The number of rotatable bonds is 5. The first kappa shape index (κ1) is 18.9.